The van der Waals surface area contributed by atoms with Gasteiger partial charge in [0.1, 0.15) is 0 Å². The summed E-state index contributed by atoms with van der Waals surface area (Å²) in [6.07, 6.45) is 7.22. The van der Waals surface area contributed by atoms with E-state index in [1.54, 1.807) is 7.05 Å². The SMILES string of the molecule is CCCCCCCC(c1ccccc1)N(C)[O-]. The standard InChI is InChI=1S/C15H24NO/c1-3-4-5-6-10-13-15(16(2)17)14-11-8-7-9-12-14/h7-9,11-12,15H,3-6,10,13H2,1-2H3/q-1. The number of hydrogen-bond acceptors (Lipinski definition) is 2. The average molecular weight is 234 g/mol. The molecule has 17 heavy (non-hydrogen) atoms. The van der Waals surface area contributed by atoms with Crippen LogP contribution in [0.2, 0.25) is 0 Å². The summed E-state index contributed by atoms with van der Waals surface area (Å²) in [5, 5.41) is 12.7. The normalized spacial score (nSPS) is 12.9. The molecule has 0 N–H and O–H groups in total. The van der Waals surface area contributed by atoms with Gasteiger partial charge in [0.15, 0.2) is 0 Å². The molecule has 0 saturated carbocycles. The molecule has 0 heterocycles. The highest BCUT2D eigenvalue weighted by atomic mass is 16.5. The van der Waals surface area contributed by atoms with Crippen LogP contribution in [0.4, 0.5) is 0 Å². The largest absolute Gasteiger partial charge is 0.785 e. The highest BCUT2D eigenvalue weighted by Crippen LogP contribution is 2.24. The van der Waals surface area contributed by atoms with Crippen LogP contribution in [0, 0.1) is 5.21 Å². The average Bonchev–Trinajstić information content (AvgIpc) is 2.34. The van der Waals surface area contributed by atoms with Gasteiger partial charge in [-0.05, 0) is 19.0 Å². The van der Waals surface area contributed by atoms with Crippen LogP contribution in [-0.4, -0.2) is 12.1 Å². The first-order chi connectivity index (χ1) is 8.25. The fourth-order valence-corrected chi connectivity index (χ4v) is 2.17. The van der Waals surface area contributed by atoms with Gasteiger partial charge < -0.3 is 10.3 Å². The zero-order chi connectivity index (χ0) is 12.5. The number of hydrogen-bond donors (Lipinski definition) is 0. The summed E-state index contributed by atoms with van der Waals surface area (Å²) in [5.74, 6) is 0. The van der Waals surface area contributed by atoms with E-state index in [0.29, 0.717) is 0 Å². The summed E-state index contributed by atoms with van der Waals surface area (Å²) in [6, 6.07) is 10.1. The minimum absolute atomic E-state index is 0.0258. The molecule has 0 fully saturated rings. The summed E-state index contributed by atoms with van der Waals surface area (Å²) in [6.45, 7) is 2.22. The van der Waals surface area contributed by atoms with E-state index in [0.717, 1.165) is 23.5 Å². The van der Waals surface area contributed by atoms with Crippen LogP contribution >= 0.6 is 0 Å². The van der Waals surface area contributed by atoms with Gasteiger partial charge in [0.25, 0.3) is 0 Å². The smallest absolute Gasteiger partial charge is 0.0229 e. The Morgan fingerprint density at radius 3 is 2.29 bits per heavy atom. The third kappa shape index (κ3) is 5.33. The number of unbranched alkanes of at least 4 members (excludes halogenated alkanes) is 4. The van der Waals surface area contributed by atoms with Crippen molar-refractivity contribution in [3.8, 4) is 0 Å². The molecule has 0 amide bonds. The molecular formula is C15H24NO-. The molecule has 0 bridgehead atoms. The van der Waals surface area contributed by atoms with E-state index in [1.165, 1.54) is 25.7 Å². The van der Waals surface area contributed by atoms with E-state index >= 15 is 0 Å². The summed E-state index contributed by atoms with van der Waals surface area (Å²) >= 11 is 0. The quantitative estimate of drug-likeness (QED) is 0.488. The summed E-state index contributed by atoms with van der Waals surface area (Å²) in [4.78, 5) is 0. The van der Waals surface area contributed by atoms with Gasteiger partial charge >= 0.3 is 0 Å². The van der Waals surface area contributed by atoms with Crippen LogP contribution < -0.4 is 0 Å². The minimum atomic E-state index is 0.0258. The first kappa shape index (κ1) is 14.2. The van der Waals surface area contributed by atoms with Crippen LogP contribution in [0.25, 0.3) is 0 Å². The molecule has 1 aromatic carbocycles. The van der Waals surface area contributed by atoms with E-state index in [-0.39, 0.29) is 6.04 Å². The molecule has 2 nitrogen and oxygen atoms in total. The van der Waals surface area contributed by atoms with Crippen molar-refractivity contribution < 1.29 is 0 Å². The molecular weight excluding hydrogens is 210 g/mol. The monoisotopic (exact) mass is 234 g/mol. The predicted octanol–water partition coefficient (Wildman–Crippen LogP) is 4.52. The summed E-state index contributed by atoms with van der Waals surface area (Å²) in [5.41, 5.74) is 1.14. The van der Waals surface area contributed by atoms with E-state index in [4.69, 9.17) is 0 Å². The van der Waals surface area contributed by atoms with E-state index in [1.807, 2.05) is 30.3 Å². The van der Waals surface area contributed by atoms with Crippen molar-refractivity contribution in [3.05, 3.63) is 41.1 Å². The van der Waals surface area contributed by atoms with Crippen molar-refractivity contribution in [1.29, 1.82) is 0 Å². The van der Waals surface area contributed by atoms with Crippen LogP contribution in [-0.2, 0) is 0 Å². The maximum absolute atomic E-state index is 11.6. The van der Waals surface area contributed by atoms with Gasteiger partial charge in [0.05, 0.1) is 0 Å². The molecule has 0 aliphatic carbocycles. The Morgan fingerprint density at radius 1 is 1.06 bits per heavy atom. The number of rotatable bonds is 8. The molecule has 2 heteroatoms. The number of benzene rings is 1. The highest BCUT2D eigenvalue weighted by Gasteiger charge is 2.09. The van der Waals surface area contributed by atoms with Gasteiger partial charge in [-0.25, -0.2) is 0 Å². The van der Waals surface area contributed by atoms with Crippen molar-refractivity contribution in [2.45, 2.75) is 51.5 Å². The van der Waals surface area contributed by atoms with Crippen LogP contribution in [0.1, 0.15) is 57.1 Å². The van der Waals surface area contributed by atoms with Crippen molar-refractivity contribution in [3.63, 3.8) is 0 Å². The van der Waals surface area contributed by atoms with Gasteiger partial charge in [0.2, 0.25) is 0 Å². The Labute approximate surface area is 105 Å². The van der Waals surface area contributed by atoms with Gasteiger partial charge in [-0.15, -0.1) is 0 Å². The van der Waals surface area contributed by atoms with Crippen molar-refractivity contribution in [2.75, 3.05) is 7.05 Å². The highest BCUT2D eigenvalue weighted by molar-refractivity contribution is 5.18. The first-order valence-electron chi connectivity index (χ1n) is 6.70. The molecule has 1 unspecified atom stereocenters. The lowest BCUT2D eigenvalue weighted by Gasteiger charge is -2.33. The van der Waals surface area contributed by atoms with Crippen molar-refractivity contribution in [1.82, 2.24) is 5.06 Å². The third-order valence-electron chi connectivity index (χ3n) is 3.20. The topological polar surface area (TPSA) is 26.3 Å². The van der Waals surface area contributed by atoms with Crippen LogP contribution in [0.15, 0.2) is 30.3 Å². The maximum atomic E-state index is 11.6. The molecule has 1 rings (SSSR count). The zero-order valence-corrected chi connectivity index (χ0v) is 11.1. The van der Waals surface area contributed by atoms with Gasteiger partial charge in [-0.2, -0.15) is 0 Å². The second kappa shape index (κ2) is 8.26. The zero-order valence-electron chi connectivity index (χ0n) is 11.1. The Balaban J connectivity index is 2.40. The van der Waals surface area contributed by atoms with Crippen LogP contribution in [0.5, 0.6) is 0 Å². The predicted molar refractivity (Wildman–Crippen MR) is 73.7 cm³/mol. The van der Waals surface area contributed by atoms with Crippen molar-refractivity contribution >= 4 is 0 Å². The molecule has 0 aromatic heterocycles. The lowest BCUT2D eigenvalue weighted by molar-refractivity contribution is 0.310. The summed E-state index contributed by atoms with van der Waals surface area (Å²) < 4.78 is 0. The Kier molecular flexibility index (Phi) is 6.90. The molecule has 96 valence electrons. The van der Waals surface area contributed by atoms with Gasteiger partial charge in [-0.3, -0.25) is 0 Å². The molecule has 1 aromatic rings. The minimum Gasteiger partial charge on any atom is -0.785 e. The third-order valence-corrected chi connectivity index (χ3v) is 3.20. The first-order valence-corrected chi connectivity index (χ1v) is 6.70. The van der Waals surface area contributed by atoms with Gasteiger partial charge in [-0.1, -0.05) is 69.4 Å². The molecule has 0 aliphatic rings. The van der Waals surface area contributed by atoms with Crippen molar-refractivity contribution in [2.24, 2.45) is 0 Å². The Hall–Kier alpha value is -0.860. The van der Waals surface area contributed by atoms with Gasteiger partial charge in [0, 0.05) is 6.04 Å². The Bertz CT molecular complexity index is 284. The summed E-state index contributed by atoms with van der Waals surface area (Å²) in [7, 11) is 1.63. The lowest BCUT2D eigenvalue weighted by atomic mass is 10.00. The van der Waals surface area contributed by atoms with Crippen LogP contribution in [0.3, 0.4) is 0 Å². The molecule has 0 saturated heterocycles. The Morgan fingerprint density at radius 2 is 1.71 bits per heavy atom. The number of hydroxylamine groups is 2. The van der Waals surface area contributed by atoms with E-state index in [9.17, 15) is 5.21 Å². The molecule has 1 atom stereocenters. The lowest BCUT2D eigenvalue weighted by Crippen LogP contribution is -2.18. The fourth-order valence-electron chi connectivity index (χ4n) is 2.17. The number of nitrogens with zero attached hydrogens (tertiary/aromatic N) is 1. The van der Waals surface area contributed by atoms with E-state index < -0.39 is 0 Å². The molecule has 0 aliphatic heterocycles. The van der Waals surface area contributed by atoms with E-state index in [2.05, 4.69) is 6.92 Å². The second-order valence-electron chi connectivity index (χ2n) is 4.68. The maximum Gasteiger partial charge on any atom is 0.0229 e. The molecule has 0 spiro atoms. The fraction of sp³-hybridized carbons (Fsp3) is 0.600. The molecule has 0 radical (unpaired) electrons. The second-order valence-corrected chi connectivity index (χ2v) is 4.68.